The average molecular weight is 311 g/mol. The van der Waals surface area contributed by atoms with Gasteiger partial charge in [-0.15, -0.1) is 5.10 Å². The zero-order valence-electron chi connectivity index (χ0n) is 13.7. The molecular weight excluding hydrogens is 290 g/mol. The van der Waals surface area contributed by atoms with Crippen LogP contribution in [0.2, 0.25) is 0 Å². The molecule has 1 amide bonds. The van der Waals surface area contributed by atoms with Crippen molar-refractivity contribution in [1.82, 2.24) is 15.1 Å². The molecular formula is C18H21N3O2. The Hall–Kier alpha value is -2.43. The molecule has 0 bridgehead atoms. The van der Waals surface area contributed by atoms with Crippen molar-refractivity contribution in [3.05, 3.63) is 52.7 Å². The molecule has 3 rings (SSSR count). The van der Waals surface area contributed by atoms with Crippen LogP contribution in [0.3, 0.4) is 0 Å². The number of hydrogen-bond donors (Lipinski definition) is 0. The number of aryl methyl sites for hydroxylation is 3. The number of carbonyl (C=O) groups is 1. The Kier molecular flexibility index (Phi) is 4.28. The minimum Gasteiger partial charge on any atom is -0.471 e. The number of ether oxygens (including phenoxy) is 1. The van der Waals surface area contributed by atoms with Crippen LogP contribution in [0.4, 0.5) is 0 Å². The van der Waals surface area contributed by atoms with Gasteiger partial charge in [0.25, 0.3) is 5.91 Å². The zero-order chi connectivity index (χ0) is 16.4. The Morgan fingerprint density at radius 3 is 2.52 bits per heavy atom. The van der Waals surface area contributed by atoms with Crippen LogP contribution in [-0.4, -0.2) is 40.2 Å². The molecule has 1 aliphatic heterocycles. The van der Waals surface area contributed by atoms with Gasteiger partial charge in [0.1, 0.15) is 6.10 Å². The standard InChI is InChI=1S/C18H21N3O2/c1-12-8-13(2)10-15(9-12)18(22)21-7-6-16(11-21)23-17-5-4-14(3)19-20-17/h4-5,8-10,16H,6-7,11H2,1-3H3. The lowest BCUT2D eigenvalue weighted by Crippen LogP contribution is -2.31. The van der Waals surface area contributed by atoms with Crippen molar-refractivity contribution in [3.8, 4) is 5.88 Å². The molecule has 5 nitrogen and oxygen atoms in total. The zero-order valence-corrected chi connectivity index (χ0v) is 13.7. The van der Waals surface area contributed by atoms with Crippen LogP contribution in [0.15, 0.2) is 30.3 Å². The van der Waals surface area contributed by atoms with Crippen molar-refractivity contribution in [3.63, 3.8) is 0 Å². The fourth-order valence-corrected chi connectivity index (χ4v) is 2.91. The third kappa shape index (κ3) is 3.67. The number of likely N-dealkylation sites (tertiary alicyclic amines) is 1. The van der Waals surface area contributed by atoms with E-state index >= 15 is 0 Å². The highest BCUT2D eigenvalue weighted by molar-refractivity contribution is 5.94. The quantitative estimate of drug-likeness (QED) is 0.874. The molecule has 5 heteroatoms. The highest BCUT2D eigenvalue weighted by atomic mass is 16.5. The molecule has 1 fully saturated rings. The molecule has 1 aromatic heterocycles. The number of rotatable bonds is 3. The second-order valence-corrected chi connectivity index (χ2v) is 6.17. The first kappa shape index (κ1) is 15.5. The summed E-state index contributed by atoms with van der Waals surface area (Å²) >= 11 is 0. The number of amides is 1. The van der Waals surface area contributed by atoms with E-state index < -0.39 is 0 Å². The molecule has 1 atom stereocenters. The van der Waals surface area contributed by atoms with Crippen LogP contribution < -0.4 is 4.74 Å². The number of carbonyl (C=O) groups excluding carboxylic acids is 1. The van der Waals surface area contributed by atoms with Gasteiger partial charge in [0.2, 0.25) is 5.88 Å². The Bertz CT molecular complexity index is 692. The molecule has 0 aliphatic carbocycles. The molecule has 1 aromatic carbocycles. The van der Waals surface area contributed by atoms with Crippen LogP contribution in [-0.2, 0) is 0 Å². The van der Waals surface area contributed by atoms with E-state index in [4.69, 9.17) is 4.74 Å². The summed E-state index contributed by atoms with van der Waals surface area (Å²) in [6.07, 6.45) is 0.786. The number of nitrogens with zero attached hydrogens (tertiary/aromatic N) is 3. The lowest BCUT2D eigenvalue weighted by molar-refractivity contribution is 0.0770. The van der Waals surface area contributed by atoms with Gasteiger partial charge in [-0.3, -0.25) is 4.79 Å². The Labute approximate surface area is 136 Å². The van der Waals surface area contributed by atoms with Gasteiger partial charge in [-0.05, 0) is 39.0 Å². The molecule has 1 aliphatic rings. The van der Waals surface area contributed by atoms with E-state index in [1.807, 2.05) is 49.9 Å². The minimum atomic E-state index is -0.0261. The van der Waals surface area contributed by atoms with Gasteiger partial charge in [0.05, 0.1) is 12.2 Å². The predicted octanol–water partition coefficient (Wildman–Crippen LogP) is 2.70. The van der Waals surface area contributed by atoms with Crippen LogP contribution in [0.5, 0.6) is 5.88 Å². The molecule has 1 saturated heterocycles. The van der Waals surface area contributed by atoms with Crippen molar-refractivity contribution in [2.24, 2.45) is 0 Å². The first-order valence-electron chi connectivity index (χ1n) is 7.86. The third-order valence-corrected chi connectivity index (χ3v) is 3.96. The molecule has 0 N–H and O–H groups in total. The topological polar surface area (TPSA) is 55.3 Å². The highest BCUT2D eigenvalue weighted by Gasteiger charge is 2.28. The van der Waals surface area contributed by atoms with Gasteiger partial charge in [-0.2, -0.15) is 5.10 Å². The Balaban J connectivity index is 1.64. The van der Waals surface area contributed by atoms with E-state index in [0.717, 1.165) is 28.8 Å². The fraction of sp³-hybridized carbons (Fsp3) is 0.389. The van der Waals surface area contributed by atoms with Crippen molar-refractivity contribution >= 4 is 5.91 Å². The maximum absolute atomic E-state index is 12.6. The van der Waals surface area contributed by atoms with Gasteiger partial charge in [0, 0.05) is 24.6 Å². The van der Waals surface area contributed by atoms with Gasteiger partial charge in [-0.25, -0.2) is 0 Å². The summed E-state index contributed by atoms with van der Waals surface area (Å²) in [4.78, 5) is 14.5. The van der Waals surface area contributed by atoms with Gasteiger partial charge in [-0.1, -0.05) is 17.2 Å². The minimum absolute atomic E-state index is 0.0261. The number of hydrogen-bond acceptors (Lipinski definition) is 4. The van der Waals surface area contributed by atoms with E-state index in [2.05, 4.69) is 16.3 Å². The molecule has 2 heterocycles. The second kappa shape index (κ2) is 6.36. The second-order valence-electron chi connectivity index (χ2n) is 6.17. The van der Waals surface area contributed by atoms with Crippen molar-refractivity contribution in [1.29, 1.82) is 0 Å². The maximum atomic E-state index is 12.6. The van der Waals surface area contributed by atoms with Gasteiger partial charge < -0.3 is 9.64 Å². The van der Waals surface area contributed by atoms with Crippen molar-refractivity contribution < 1.29 is 9.53 Å². The molecule has 0 radical (unpaired) electrons. The van der Waals surface area contributed by atoms with Crippen LogP contribution in [0.25, 0.3) is 0 Å². The van der Waals surface area contributed by atoms with Crippen LogP contribution in [0.1, 0.15) is 33.6 Å². The lowest BCUT2D eigenvalue weighted by atomic mass is 10.1. The Morgan fingerprint density at radius 2 is 1.87 bits per heavy atom. The highest BCUT2D eigenvalue weighted by Crippen LogP contribution is 2.19. The van der Waals surface area contributed by atoms with Crippen LogP contribution >= 0.6 is 0 Å². The van der Waals surface area contributed by atoms with E-state index in [9.17, 15) is 4.79 Å². The SMILES string of the molecule is Cc1cc(C)cc(C(=O)N2CCC(Oc3ccc(C)nn3)C2)c1. The number of aromatic nitrogens is 2. The summed E-state index contributed by atoms with van der Waals surface area (Å²) in [5.41, 5.74) is 3.82. The summed E-state index contributed by atoms with van der Waals surface area (Å²) in [6, 6.07) is 9.64. The number of benzene rings is 1. The maximum Gasteiger partial charge on any atom is 0.254 e. The van der Waals surface area contributed by atoms with E-state index in [-0.39, 0.29) is 12.0 Å². The lowest BCUT2D eigenvalue weighted by Gasteiger charge is -2.17. The fourth-order valence-electron chi connectivity index (χ4n) is 2.91. The predicted molar refractivity (Wildman–Crippen MR) is 87.6 cm³/mol. The molecule has 2 aromatic rings. The smallest absolute Gasteiger partial charge is 0.254 e. The summed E-state index contributed by atoms with van der Waals surface area (Å²) < 4.78 is 5.83. The van der Waals surface area contributed by atoms with E-state index in [0.29, 0.717) is 19.0 Å². The van der Waals surface area contributed by atoms with E-state index in [1.54, 1.807) is 0 Å². The first-order valence-corrected chi connectivity index (χ1v) is 7.86. The van der Waals surface area contributed by atoms with E-state index in [1.165, 1.54) is 0 Å². The summed E-state index contributed by atoms with van der Waals surface area (Å²) in [5.74, 6) is 0.583. The largest absolute Gasteiger partial charge is 0.471 e. The van der Waals surface area contributed by atoms with Gasteiger partial charge >= 0.3 is 0 Å². The first-order chi connectivity index (χ1) is 11.0. The average Bonchev–Trinajstić information content (AvgIpc) is 2.96. The van der Waals surface area contributed by atoms with Crippen molar-refractivity contribution in [2.45, 2.75) is 33.3 Å². The monoisotopic (exact) mass is 311 g/mol. The molecule has 1 unspecified atom stereocenters. The molecule has 23 heavy (non-hydrogen) atoms. The normalized spacial score (nSPS) is 17.3. The summed E-state index contributed by atoms with van der Waals surface area (Å²) in [6.45, 7) is 7.19. The van der Waals surface area contributed by atoms with Crippen molar-refractivity contribution in [2.75, 3.05) is 13.1 Å². The summed E-state index contributed by atoms with van der Waals surface area (Å²) in [7, 11) is 0. The summed E-state index contributed by atoms with van der Waals surface area (Å²) in [5, 5.41) is 8.00. The molecule has 120 valence electrons. The third-order valence-electron chi connectivity index (χ3n) is 3.96. The van der Waals surface area contributed by atoms with Crippen LogP contribution in [0, 0.1) is 20.8 Å². The Morgan fingerprint density at radius 1 is 1.13 bits per heavy atom. The van der Waals surface area contributed by atoms with Gasteiger partial charge in [0.15, 0.2) is 0 Å². The molecule has 0 saturated carbocycles. The molecule has 0 spiro atoms.